The zero-order chi connectivity index (χ0) is 24.0. The first-order valence-corrected chi connectivity index (χ1v) is 10.6. The van der Waals surface area contributed by atoms with Crippen molar-refractivity contribution < 1.29 is 26.7 Å². The second-order valence-corrected chi connectivity index (χ2v) is 8.31. The predicted octanol–water partition coefficient (Wildman–Crippen LogP) is 4.69. The Labute approximate surface area is 190 Å². The molecule has 2 fully saturated rings. The summed E-state index contributed by atoms with van der Waals surface area (Å²) >= 11 is 0. The average molecular weight is 475 g/mol. The van der Waals surface area contributed by atoms with Gasteiger partial charge in [-0.25, -0.2) is 23.7 Å². The number of aromatic nitrogens is 3. The van der Waals surface area contributed by atoms with Crippen LogP contribution >= 0.6 is 0 Å². The fourth-order valence-electron chi connectivity index (χ4n) is 4.81. The maximum atomic E-state index is 14.7. The SMILES string of the molecule is O=C(c1cccc(F)c1-c1ncc(F)cn1)N1[C@@H]2CC[C@H]1[C@H](Nc1ccc(C(F)(F)F)cn1)C2. The highest BCUT2D eigenvalue weighted by Crippen LogP contribution is 2.41. The molecule has 5 rings (SSSR count). The van der Waals surface area contributed by atoms with Crippen molar-refractivity contribution >= 4 is 11.7 Å². The molecule has 0 aliphatic carbocycles. The molecule has 6 nitrogen and oxygen atoms in total. The topological polar surface area (TPSA) is 71.0 Å². The lowest BCUT2D eigenvalue weighted by Gasteiger charge is -2.26. The lowest BCUT2D eigenvalue weighted by molar-refractivity contribution is -0.137. The number of anilines is 1. The summed E-state index contributed by atoms with van der Waals surface area (Å²) in [4.78, 5) is 26.7. The van der Waals surface area contributed by atoms with Crippen molar-refractivity contribution in [3.63, 3.8) is 0 Å². The summed E-state index contributed by atoms with van der Waals surface area (Å²) in [5.41, 5.74) is -0.881. The summed E-state index contributed by atoms with van der Waals surface area (Å²) in [6, 6.07) is 5.70. The molecule has 0 radical (unpaired) electrons. The van der Waals surface area contributed by atoms with Crippen LogP contribution in [0.15, 0.2) is 48.9 Å². The number of benzene rings is 1. The summed E-state index contributed by atoms with van der Waals surface area (Å²) < 4.78 is 66.4. The first-order valence-electron chi connectivity index (χ1n) is 10.6. The van der Waals surface area contributed by atoms with E-state index in [1.165, 1.54) is 24.3 Å². The molecule has 2 aromatic heterocycles. The van der Waals surface area contributed by atoms with Crippen LogP contribution in [0.4, 0.5) is 27.8 Å². The van der Waals surface area contributed by atoms with Crippen LogP contribution in [0.3, 0.4) is 0 Å². The fourth-order valence-corrected chi connectivity index (χ4v) is 4.81. The first-order chi connectivity index (χ1) is 16.2. The van der Waals surface area contributed by atoms with Gasteiger partial charge in [-0.15, -0.1) is 0 Å². The number of halogens is 5. The van der Waals surface area contributed by atoms with Gasteiger partial charge in [0.25, 0.3) is 5.91 Å². The van der Waals surface area contributed by atoms with Crippen molar-refractivity contribution in [2.24, 2.45) is 0 Å². The molecule has 2 saturated heterocycles. The monoisotopic (exact) mass is 475 g/mol. The highest BCUT2D eigenvalue weighted by Gasteiger charge is 2.49. The molecule has 0 unspecified atom stereocenters. The molecule has 1 N–H and O–H groups in total. The van der Waals surface area contributed by atoms with Crippen molar-refractivity contribution in [3.05, 3.63) is 71.7 Å². The molecule has 3 aromatic rings. The molecule has 1 amide bonds. The molecule has 11 heteroatoms. The second-order valence-electron chi connectivity index (χ2n) is 8.31. The maximum absolute atomic E-state index is 14.7. The number of nitrogens with one attached hydrogen (secondary N) is 1. The van der Waals surface area contributed by atoms with Gasteiger partial charge >= 0.3 is 6.18 Å². The summed E-state index contributed by atoms with van der Waals surface area (Å²) in [6.07, 6.45) is 0.118. The Morgan fingerprint density at radius 2 is 1.76 bits per heavy atom. The molecule has 2 aliphatic heterocycles. The molecule has 2 aliphatic rings. The van der Waals surface area contributed by atoms with E-state index in [-0.39, 0.29) is 40.9 Å². The van der Waals surface area contributed by atoms with Gasteiger partial charge in [-0.1, -0.05) is 6.07 Å². The van der Waals surface area contributed by atoms with Crippen LogP contribution in [0.25, 0.3) is 11.4 Å². The number of hydrogen-bond donors (Lipinski definition) is 1. The number of hydrogen-bond acceptors (Lipinski definition) is 5. The minimum Gasteiger partial charge on any atom is -0.365 e. The lowest BCUT2D eigenvalue weighted by Crippen LogP contribution is -2.40. The van der Waals surface area contributed by atoms with E-state index in [1.807, 2.05) is 0 Å². The van der Waals surface area contributed by atoms with Crippen molar-refractivity contribution in [1.29, 1.82) is 0 Å². The number of amides is 1. The second kappa shape index (κ2) is 8.30. The standard InChI is InChI=1S/C23H18F5N5O/c24-13-10-30-21(31-11-13)20-15(2-1-3-16(20)25)22(34)33-14-5-6-18(33)17(8-14)32-19-7-4-12(9-29-19)23(26,27)28/h1-4,7,9-11,14,17-18H,5-6,8H2,(H,29,32)/t14-,17-,18+/m1/s1. The maximum Gasteiger partial charge on any atom is 0.417 e. The molecule has 4 heterocycles. The van der Waals surface area contributed by atoms with Crippen molar-refractivity contribution in [2.75, 3.05) is 5.32 Å². The van der Waals surface area contributed by atoms with Crippen LogP contribution in [0.1, 0.15) is 35.2 Å². The molecule has 2 bridgehead atoms. The van der Waals surface area contributed by atoms with Crippen molar-refractivity contribution in [2.45, 2.75) is 43.6 Å². The minimum atomic E-state index is -4.47. The van der Waals surface area contributed by atoms with Gasteiger partial charge in [0.15, 0.2) is 11.6 Å². The van der Waals surface area contributed by atoms with Gasteiger partial charge in [-0.2, -0.15) is 13.2 Å². The Hall–Kier alpha value is -3.63. The van der Waals surface area contributed by atoms with E-state index >= 15 is 0 Å². The van der Waals surface area contributed by atoms with E-state index in [0.29, 0.717) is 12.8 Å². The zero-order valence-electron chi connectivity index (χ0n) is 17.6. The third kappa shape index (κ3) is 3.95. The molecule has 0 saturated carbocycles. The van der Waals surface area contributed by atoms with E-state index in [9.17, 15) is 26.7 Å². The number of pyridine rings is 1. The number of rotatable bonds is 4. The van der Waals surface area contributed by atoms with Gasteiger partial charge in [-0.3, -0.25) is 4.79 Å². The highest BCUT2D eigenvalue weighted by atomic mass is 19.4. The quantitative estimate of drug-likeness (QED) is 0.555. The van der Waals surface area contributed by atoms with E-state index in [2.05, 4.69) is 20.3 Å². The number of carbonyl (C=O) groups is 1. The molecule has 34 heavy (non-hydrogen) atoms. The van der Waals surface area contributed by atoms with Gasteiger partial charge in [0.05, 0.1) is 35.1 Å². The van der Waals surface area contributed by atoms with Crippen molar-refractivity contribution in [1.82, 2.24) is 19.9 Å². The third-order valence-corrected chi connectivity index (χ3v) is 6.28. The molecular weight excluding hydrogens is 457 g/mol. The number of alkyl halides is 3. The van der Waals surface area contributed by atoms with Gasteiger partial charge in [0.2, 0.25) is 0 Å². The lowest BCUT2D eigenvalue weighted by atomic mass is 9.95. The fraction of sp³-hybridized carbons (Fsp3) is 0.304. The van der Waals surface area contributed by atoms with E-state index in [1.54, 1.807) is 4.90 Å². The Bertz CT molecular complexity index is 1220. The summed E-state index contributed by atoms with van der Waals surface area (Å²) in [6.45, 7) is 0. The van der Waals surface area contributed by atoms with Crippen LogP contribution in [-0.2, 0) is 6.18 Å². The van der Waals surface area contributed by atoms with Crippen LogP contribution in [0.2, 0.25) is 0 Å². The largest absolute Gasteiger partial charge is 0.417 e. The van der Waals surface area contributed by atoms with Gasteiger partial charge in [0.1, 0.15) is 11.6 Å². The summed E-state index contributed by atoms with van der Waals surface area (Å²) in [7, 11) is 0. The van der Waals surface area contributed by atoms with E-state index in [0.717, 1.165) is 31.1 Å². The number of nitrogens with zero attached hydrogens (tertiary/aromatic N) is 4. The predicted molar refractivity (Wildman–Crippen MR) is 112 cm³/mol. The minimum absolute atomic E-state index is 0.0665. The normalized spacial score (nSPS) is 21.7. The average Bonchev–Trinajstić information content (AvgIpc) is 3.37. The first kappa shape index (κ1) is 22.2. The van der Waals surface area contributed by atoms with E-state index in [4.69, 9.17) is 0 Å². The Balaban J connectivity index is 1.39. The summed E-state index contributed by atoms with van der Waals surface area (Å²) in [5.74, 6) is -1.61. The van der Waals surface area contributed by atoms with Crippen LogP contribution in [0.5, 0.6) is 0 Å². The van der Waals surface area contributed by atoms with Crippen LogP contribution in [0, 0.1) is 11.6 Å². The van der Waals surface area contributed by atoms with Crippen LogP contribution in [-0.4, -0.2) is 43.9 Å². The molecule has 176 valence electrons. The number of carbonyl (C=O) groups excluding carboxylic acids is 1. The Morgan fingerprint density at radius 3 is 2.44 bits per heavy atom. The highest BCUT2D eigenvalue weighted by molar-refractivity contribution is 6.01. The molecule has 3 atom stereocenters. The summed E-state index contributed by atoms with van der Waals surface area (Å²) in [5, 5.41) is 3.14. The Morgan fingerprint density at radius 1 is 1.00 bits per heavy atom. The molecule has 1 aromatic carbocycles. The van der Waals surface area contributed by atoms with Gasteiger partial charge < -0.3 is 10.2 Å². The van der Waals surface area contributed by atoms with Gasteiger partial charge in [0, 0.05) is 18.3 Å². The van der Waals surface area contributed by atoms with E-state index < -0.39 is 29.3 Å². The Kier molecular flexibility index (Phi) is 5.41. The smallest absolute Gasteiger partial charge is 0.365 e. The third-order valence-electron chi connectivity index (χ3n) is 6.28. The number of fused-ring (bicyclic) bond motifs is 2. The van der Waals surface area contributed by atoms with Crippen LogP contribution < -0.4 is 5.32 Å². The zero-order valence-corrected chi connectivity index (χ0v) is 17.6. The van der Waals surface area contributed by atoms with Crippen molar-refractivity contribution in [3.8, 4) is 11.4 Å². The van der Waals surface area contributed by atoms with Gasteiger partial charge in [-0.05, 0) is 43.5 Å². The molecule has 0 spiro atoms. The molecular formula is C23H18F5N5O.